The van der Waals surface area contributed by atoms with E-state index in [0.717, 1.165) is 22.3 Å². The number of para-hydroxylation sites is 1. The molecule has 3 aromatic rings. The molecule has 0 radical (unpaired) electrons. The molecule has 8 rings (SSSR count). The molecule has 2 saturated heterocycles. The van der Waals surface area contributed by atoms with Gasteiger partial charge in [0, 0.05) is 12.1 Å². The number of carbonyl (C=O) groups excluding carboxylic acids is 3. The summed E-state index contributed by atoms with van der Waals surface area (Å²) < 4.78 is 10.9. The molecule has 0 spiro atoms. The summed E-state index contributed by atoms with van der Waals surface area (Å²) in [5.74, 6) is -4.41. The van der Waals surface area contributed by atoms with Crippen LogP contribution in [0.2, 0.25) is 5.02 Å². The van der Waals surface area contributed by atoms with Crippen LogP contribution in [0.25, 0.3) is 0 Å². The average molecular weight is 542 g/mol. The lowest BCUT2D eigenvalue weighted by atomic mass is 9.47. The molecule has 2 heterocycles. The molecule has 39 heavy (non-hydrogen) atoms. The van der Waals surface area contributed by atoms with Gasteiger partial charge in [0.1, 0.15) is 0 Å². The van der Waals surface area contributed by atoms with Crippen LogP contribution in [0.3, 0.4) is 0 Å². The van der Waals surface area contributed by atoms with E-state index in [9.17, 15) is 14.4 Å². The number of amides is 3. The van der Waals surface area contributed by atoms with E-state index in [1.165, 1.54) is 11.8 Å². The zero-order valence-corrected chi connectivity index (χ0v) is 21.7. The maximum Gasteiger partial charge on any atom is 0.300 e. The highest BCUT2D eigenvalue weighted by Crippen LogP contribution is 2.63. The summed E-state index contributed by atoms with van der Waals surface area (Å²) >= 11 is 6.48. The topological polar surface area (TPSA) is 97.3 Å². The predicted molar refractivity (Wildman–Crippen MR) is 143 cm³/mol. The smallest absolute Gasteiger partial charge is 0.300 e. The summed E-state index contributed by atoms with van der Waals surface area (Å²) in [5, 5.41) is 4.71. The highest BCUT2D eigenvalue weighted by molar-refractivity contribution is 6.36. The van der Waals surface area contributed by atoms with Crippen LogP contribution >= 0.6 is 11.6 Å². The van der Waals surface area contributed by atoms with Gasteiger partial charge in [-0.3, -0.25) is 14.4 Å². The fraction of sp³-hybridized carbons (Fsp3) is 0.267. The van der Waals surface area contributed by atoms with Gasteiger partial charge in [-0.15, -0.1) is 0 Å². The molecule has 2 bridgehead atoms. The molecule has 3 amide bonds. The Hall–Kier alpha value is -3.85. The molecule has 2 fully saturated rings. The van der Waals surface area contributed by atoms with Crippen molar-refractivity contribution in [2.45, 2.75) is 24.0 Å². The van der Waals surface area contributed by atoms with Crippen LogP contribution in [0.4, 0.5) is 5.69 Å². The van der Waals surface area contributed by atoms with Gasteiger partial charge in [0.25, 0.3) is 5.91 Å². The number of nitrogens with one attached hydrogen (secondary N) is 1. The summed E-state index contributed by atoms with van der Waals surface area (Å²) in [6.45, 7) is 2.14. The zero-order chi connectivity index (χ0) is 26.9. The second-order valence-corrected chi connectivity index (χ2v) is 10.7. The number of carbonyl (C=O) groups is 3. The molecule has 2 aliphatic heterocycles. The Morgan fingerprint density at radius 2 is 1.54 bits per heavy atom. The molecule has 1 N–H and O–H groups in total. The standard InChI is InChI=1S/C30H24ClN3O5/c1-29(38-14-15-39-29)28(37)33-32-16-30-19-10-4-2-8-17(19)23(18-9-3-5-11-20(18)30)24-25(30)27(36)34(26(24)35)22-13-7-6-12-21(22)31/h2-13,16,23-25H,14-15H2,1H3,(H,33,37)/b32-16-/t23?,24-,25+,30?/m1/s1. The van der Waals surface area contributed by atoms with E-state index in [4.69, 9.17) is 21.1 Å². The Morgan fingerprint density at radius 1 is 0.949 bits per heavy atom. The van der Waals surface area contributed by atoms with Crippen LogP contribution in [0.1, 0.15) is 35.1 Å². The molecule has 0 saturated carbocycles. The molecule has 8 nitrogen and oxygen atoms in total. The Balaban J connectivity index is 1.42. The number of benzene rings is 3. The van der Waals surface area contributed by atoms with Crippen LogP contribution in [-0.4, -0.2) is 42.9 Å². The predicted octanol–water partition coefficient (Wildman–Crippen LogP) is 3.76. The monoisotopic (exact) mass is 541 g/mol. The summed E-state index contributed by atoms with van der Waals surface area (Å²) in [4.78, 5) is 42.6. The van der Waals surface area contributed by atoms with Crippen LogP contribution in [0.5, 0.6) is 0 Å². The third-order valence-corrected chi connectivity index (χ3v) is 8.78. The fourth-order valence-corrected chi connectivity index (χ4v) is 7.08. The lowest BCUT2D eigenvalue weighted by molar-refractivity contribution is -0.176. The number of hydrazone groups is 1. The Morgan fingerprint density at radius 3 is 2.18 bits per heavy atom. The lowest BCUT2D eigenvalue weighted by Crippen LogP contribution is -2.55. The highest BCUT2D eigenvalue weighted by Gasteiger charge is 2.68. The van der Waals surface area contributed by atoms with Gasteiger partial charge in [-0.25, -0.2) is 10.3 Å². The number of ether oxygens (including phenoxy) is 2. The molecular weight excluding hydrogens is 518 g/mol. The molecule has 5 aliphatic rings. The molecule has 9 heteroatoms. The van der Waals surface area contributed by atoms with Crippen LogP contribution in [0, 0.1) is 11.8 Å². The van der Waals surface area contributed by atoms with E-state index in [2.05, 4.69) is 10.5 Å². The minimum Gasteiger partial charge on any atom is -0.340 e. The Labute approximate surface area is 229 Å². The number of imide groups is 1. The van der Waals surface area contributed by atoms with Crippen molar-refractivity contribution in [1.29, 1.82) is 0 Å². The van der Waals surface area contributed by atoms with Crippen LogP contribution in [0.15, 0.2) is 77.9 Å². The second kappa shape index (κ2) is 8.58. The summed E-state index contributed by atoms with van der Waals surface area (Å²) in [7, 11) is 0. The normalized spacial score (nSPS) is 27.9. The van der Waals surface area contributed by atoms with Crippen molar-refractivity contribution < 1.29 is 23.9 Å². The van der Waals surface area contributed by atoms with Crippen molar-refractivity contribution in [3.63, 3.8) is 0 Å². The first-order valence-corrected chi connectivity index (χ1v) is 13.2. The van der Waals surface area contributed by atoms with Crippen LogP contribution in [-0.2, 0) is 29.3 Å². The van der Waals surface area contributed by atoms with Gasteiger partial charge in [-0.05, 0) is 41.3 Å². The maximum atomic E-state index is 14.3. The average Bonchev–Trinajstić information content (AvgIpc) is 3.51. The SMILES string of the molecule is CC1(C(=O)N/N=C\C23c4ccccc4C(c4ccccc42)[C@H]2C(=O)N(c4ccccc4Cl)C(=O)[C@H]23)OCCO1. The van der Waals surface area contributed by atoms with Crippen molar-refractivity contribution in [3.8, 4) is 0 Å². The van der Waals surface area contributed by atoms with Crippen molar-refractivity contribution >= 4 is 41.2 Å². The van der Waals surface area contributed by atoms with Gasteiger partial charge in [0.05, 0.1) is 41.2 Å². The van der Waals surface area contributed by atoms with Gasteiger partial charge in [0.2, 0.25) is 17.6 Å². The van der Waals surface area contributed by atoms with E-state index < -0.39 is 28.9 Å². The summed E-state index contributed by atoms with van der Waals surface area (Å²) in [6, 6.07) is 22.5. The number of rotatable bonds is 4. The van der Waals surface area contributed by atoms with Crippen molar-refractivity contribution in [2.75, 3.05) is 18.1 Å². The molecule has 2 atom stereocenters. The first kappa shape index (κ1) is 24.2. The second-order valence-electron chi connectivity index (χ2n) is 10.3. The maximum absolute atomic E-state index is 14.3. The molecule has 0 unspecified atom stereocenters. The molecule has 196 valence electrons. The third-order valence-electron chi connectivity index (χ3n) is 8.46. The van der Waals surface area contributed by atoms with Gasteiger partial charge in [-0.2, -0.15) is 5.10 Å². The lowest BCUT2D eigenvalue weighted by Gasteiger charge is -2.52. The summed E-state index contributed by atoms with van der Waals surface area (Å²) in [5.41, 5.74) is 5.51. The number of hydrogen-bond acceptors (Lipinski definition) is 6. The van der Waals surface area contributed by atoms with E-state index in [1.807, 2.05) is 48.5 Å². The van der Waals surface area contributed by atoms with E-state index in [0.29, 0.717) is 23.9 Å². The quantitative estimate of drug-likeness (QED) is 0.308. The van der Waals surface area contributed by atoms with E-state index >= 15 is 0 Å². The van der Waals surface area contributed by atoms with Gasteiger partial charge in [0.15, 0.2) is 0 Å². The Bertz CT molecular complexity index is 1530. The zero-order valence-electron chi connectivity index (χ0n) is 21.0. The molecule has 3 aliphatic carbocycles. The first-order valence-electron chi connectivity index (χ1n) is 12.8. The molecular formula is C30H24ClN3O5. The van der Waals surface area contributed by atoms with Crippen LogP contribution < -0.4 is 10.3 Å². The fourth-order valence-electron chi connectivity index (χ4n) is 6.86. The van der Waals surface area contributed by atoms with E-state index in [1.54, 1.807) is 30.5 Å². The van der Waals surface area contributed by atoms with Crippen molar-refractivity contribution in [1.82, 2.24) is 5.43 Å². The molecule has 0 aromatic heterocycles. The largest absolute Gasteiger partial charge is 0.340 e. The van der Waals surface area contributed by atoms with Gasteiger partial charge >= 0.3 is 0 Å². The Kier molecular flexibility index (Phi) is 5.32. The minimum absolute atomic E-state index is 0.297. The van der Waals surface area contributed by atoms with Crippen molar-refractivity contribution in [3.05, 3.63) is 100 Å². The number of hydrogen-bond donors (Lipinski definition) is 1. The van der Waals surface area contributed by atoms with E-state index in [-0.39, 0.29) is 17.7 Å². The summed E-state index contributed by atoms with van der Waals surface area (Å²) in [6.07, 6.45) is 1.61. The van der Waals surface area contributed by atoms with Gasteiger partial charge in [-0.1, -0.05) is 72.3 Å². The minimum atomic E-state index is -1.45. The number of anilines is 1. The first-order chi connectivity index (χ1) is 18.9. The number of halogens is 1. The van der Waals surface area contributed by atoms with Crippen molar-refractivity contribution in [2.24, 2.45) is 16.9 Å². The number of nitrogens with zero attached hydrogens (tertiary/aromatic N) is 2. The third kappa shape index (κ3) is 3.19. The molecule has 3 aromatic carbocycles. The van der Waals surface area contributed by atoms with Gasteiger partial charge < -0.3 is 9.47 Å². The highest BCUT2D eigenvalue weighted by atomic mass is 35.5.